The van der Waals surface area contributed by atoms with Crippen LogP contribution in [0.5, 0.6) is 0 Å². The molecule has 1 rings (SSSR count). The maximum Gasteiger partial charge on any atom is 0.370 e. The minimum Gasteiger partial charge on any atom is -0.455 e. The normalized spacial score (nSPS) is 13.8. The molecule has 1 atom stereocenters. The van der Waals surface area contributed by atoms with E-state index in [1.54, 1.807) is 31.2 Å². The molecule has 0 N–H and O–H groups in total. The van der Waals surface area contributed by atoms with Crippen LogP contribution in [-0.4, -0.2) is 5.97 Å². The van der Waals surface area contributed by atoms with Crippen molar-refractivity contribution in [3.05, 3.63) is 47.5 Å². The first-order chi connectivity index (χ1) is 8.56. The SMILES string of the molecule is CCC(C)/C(F)=C(/F)C(=O)OCc1ccccc1. The number of allylic oxidation sites excluding steroid dienone is 1. The topological polar surface area (TPSA) is 26.3 Å². The zero-order valence-corrected chi connectivity index (χ0v) is 10.5. The summed E-state index contributed by atoms with van der Waals surface area (Å²) in [6.45, 7) is 3.16. The molecule has 0 bridgehead atoms. The smallest absolute Gasteiger partial charge is 0.370 e. The molecule has 4 heteroatoms. The van der Waals surface area contributed by atoms with Crippen LogP contribution < -0.4 is 0 Å². The van der Waals surface area contributed by atoms with Crippen molar-refractivity contribution in [2.75, 3.05) is 0 Å². The lowest BCUT2D eigenvalue weighted by Gasteiger charge is -2.07. The first kappa shape index (κ1) is 14.4. The van der Waals surface area contributed by atoms with Gasteiger partial charge in [-0.3, -0.25) is 0 Å². The summed E-state index contributed by atoms with van der Waals surface area (Å²) in [6, 6.07) is 8.83. The summed E-state index contributed by atoms with van der Waals surface area (Å²) in [5.74, 6) is -4.35. The van der Waals surface area contributed by atoms with E-state index in [2.05, 4.69) is 0 Å². The Balaban J connectivity index is 2.61. The van der Waals surface area contributed by atoms with Gasteiger partial charge < -0.3 is 4.74 Å². The summed E-state index contributed by atoms with van der Waals surface area (Å²) in [6.07, 6.45) is 0.422. The molecule has 0 saturated heterocycles. The first-order valence-corrected chi connectivity index (χ1v) is 5.82. The van der Waals surface area contributed by atoms with Crippen LogP contribution in [0.25, 0.3) is 0 Å². The van der Waals surface area contributed by atoms with Gasteiger partial charge in [-0.05, 0) is 12.0 Å². The molecule has 1 unspecified atom stereocenters. The van der Waals surface area contributed by atoms with Crippen LogP contribution in [0.3, 0.4) is 0 Å². The summed E-state index contributed by atoms with van der Waals surface area (Å²) in [5.41, 5.74) is 0.725. The lowest BCUT2D eigenvalue weighted by Crippen LogP contribution is -2.09. The second kappa shape index (κ2) is 6.89. The number of hydrogen-bond acceptors (Lipinski definition) is 2. The highest BCUT2D eigenvalue weighted by Gasteiger charge is 2.20. The molecule has 0 spiro atoms. The second-order valence-electron chi connectivity index (χ2n) is 4.03. The van der Waals surface area contributed by atoms with Crippen LogP contribution in [0.15, 0.2) is 42.0 Å². The molecule has 0 aromatic heterocycles. The molecule has 0 aliphatic carbocycles. The fourth-order valence-corrected chi connectivity index (χ4v) is 1.28. The maximum atomic E-state index is 13.4. The maximum absolute atomic E-state index is 13.4. The minimum absolute atomic E-state index is 0.0686. The van der Waals surface area contributed by atoms with Crippen molar-refractivity contribution in [3.8, 4) is 0 Å². The number of ether oxygens (including phenoxy) is 1. The Morgan fingerprint density at radius 2 is 1.89 bits per heavy atom. The van der Waals surface area contributed by atoms with Gasteiger partial charge in [0.1, 0.15) is 12.4 Å². The zero-order valence-electron chi connectivity index (χ0n) is 10.5. The summed E-state index contributed by atoms with van der Waals surface area (Å²) in [4.78, 5) is 11.3. The molecule has 2 nitrogen and oxygen atoms in total. The number of carbonyl (C=O) groups excluding carboxylic acids is 1. The number of halogens is 2. The third kappa shape index (κ3) is 3.95. The molecule has 0 aliphatic heterocycles. The van der Waals surface area contributed by atoms with Crippen molar-refractivity contribution in [1.29, 1.82) is 0 Å². The molecule has 0 aliphatic rings. The largest absolute Gasteiger partial charge is 0.455 e. The van der Waals surface area contributed by atoms with Crippen LogP contribution in [0.4, 0.5) is 8.78 Å². The van der Waals surface area contributed by atoms with Gasteiger partial charge in [0.15, 0.2) is 0 Å². The molecule has 1 aromatic carbocycles. The Bertz CT molecular complexity index is 427. The third-order valence-electron chi connectivity index (χ3n) is 2.65. The van der Waals surface area contributed by atoms with Gasteiger partial charge in [0.25, 0.3) is 0 Å². The van der Waals surface area contributed by atoms with Gasteiger partial charge in [0.2, 0.25) is 5.83 Å². The number of esters is 1. The summed E-state index contributed by atoms with van der Waals surface area (Å²) >= 11 is 0. The molecular weight excluding hydrogens is 238 g/mol. The minimum atomic E-state index is -1.43. The third-order valence-corrected chi connectivity index (χ3v) is 2.65. The quantitative estimate of drug-likeness (QED) is 0.588. The standard InChI is InChI=1S/C14H16F2O2/c1-3-10(2)12(15)13(16)14(17)18-9-11-7-5-4-6-8-11/h4-8,10H,3,9H2,1-2H3/b13-12-. The lowest BCUT2D eigenvalue weighted by molar-refractivity contribution is -0.142. The van der Waals surface area contributed by atoms with E-state index in [-0.39, 0.29) is 6.61 Å². The Morgan fingerprint density at radius 1 is 1.28 bits per heavy atom. The average Bonchev–Trinajstić information content (AvgIpc) is 2.43. The molecule has 98 valence electrons. The van der Waals surface area contributed by atoms with E-state index in [0.717, 1.165) is 5.56 Å². The van der Waals surface area contributed by atoms with Gasteiger partial charge in [0, 0.05) is 5.92 Å². The van der Waals surface area contributed by atoms with Crippen molar-refractivity contribution < 1.29 is 18.3 Å². The van der Waals surface area contributed by atoms with Crippen molar-refractivity contribution in [3.63, 3.8) is 0 Å². The Morgan fingerprint density at radius 3 is 2.44 bits per heavy atom. The Labute approximate surface area is 105 Å². The molecule has 0 fully saturated rings. The molecule has 0 heterocycles. The van der Waals surface area contributed by atoms with Crippen LogP contribution >= 0.6 is 0 Å². The Hall–Kier alpha value is -1.71. The highest BCUT2D eigenvalue weighted by Crippen LogP contribution is 2.21. The van der Waals surface area contributed by atoms with Gasteiger partial charge in [-0.2, -0.15) is 4.39 Å². The van der Waals surface area contributed by atoms with Gasteiger partial charge in [-0.1, -0.05) is 44.2 Å². The number of carbonyl (C=O) groups is 1. The zero-order chi connectivity index (χ0) is 13.5. The van der Waals surface area contributed by atoms with Crippen molar-refractivity contribution in [2.45, 2.75) is 26.9 Å². The van der Waals surface area contributed by atoms with Crippen LogP contribution in [0, 0.1) is 5.92 Å². The summed E-state index contributed by atoms with van der Waals surface area (Å²) < 4.78 is 31.4. The van der Waals surface area contributed by atoms with Gasteiger partial charge in [-0.25, -0.2) is 9.18 Å². The van der Waals surface area contributed by atoms with Gasteiger partial charge in [-0.15, -0.1) is 0 Å². The van der Waals surface area contributed by atoms with Gasteiger partial charge >= 0.3 is 5.97 Å². The van der Waals surface area contributed by atoms with E-state index < -0.39 is 23.5 Å². The fourth-order valence-electron chi connectivity index (χ4n) is 1.28. The molecule has 0 amide bonds. The summed E-state index contributed by atoms with van der Waals surface area (Å²) in [7, 11) is 0. The van der Waals surface area contributed by atoms with Crippen molar-refractivity contribution in [2.24, 2.45) is 5.92 Å². The highest BCUT2D eigenvalue weighted by atomic mass is 19.2. The van der Waals surface area contributed by atoms with Crippen molar-refractivity contribution in [1.82, 2.24) is 0 Å². The number of hydrogen-bond donors (Lipinski definition) is 0. The second-order valence-corrected chi connectivity index (χ2v) is 4.03. The number of benzene rings is 1. The van der Waals surface area contributed by atoms with E-state index in [0.29, 0.717) is 6.42 Å². The summed E-state index contributed by atoms with van der Waals surface area (Å²) in [5, 5.41) is 0. The predicted molar refractivity (Wildman–Crippen MR) is 64.9 cm³/mol. The van der Waals surface area contributed by atoms with E-state index >= 15 is 0 Å². The fraction of sp³-hybridized carbons (Fsp3) is 0.357. The van der Waals surface area contributed by atoms with Gasteiger partial charge in [0.05, 0.1) is 0 Å². The van der Waals surface area contributed by atoms with E-state index in [9.17, 15) is 13.6 Å². The first-order valence-electron chi connectivity index (χ1n) is 5.82. The van der Waals surface area contributed by atoms with Crippen LogP contribution in [-0.2, 0) is 16.1 Å². The van der Waals surface area contributed by atoms with E-state index in [1.807, 2.05) is 6.07 Å². The van der Waals surface area contributed by atoms with Crippen LogP contribution in [0.1, 0.15) is 25.8 Å². The van der Waals surface area contributed by atoms with Crippen LogP contribution in [0.2, 0.25) is 0 Å². The highest BCUT2D eigenvalue weighted by molar-refractivity contribution is 5.86. The lowest BCUT2D eigenvalue weighted by atomic mass is 10.1. The number of rotatable bonds is 5. The molecule has 1 aromatic rings. The average molecular weight is 254 g/mol. The molecule has 0 radical (unpaired) electrons. The monoisotopic (exact) mass is 254 g/mol. The van der Waals surface area contributed by atoms with E-state index in [4.69, 9.17) is 4.74 Å². The van der Waals surface area contributed by atoms with E-state index in [1.165, 1.54) is 6.92 Å². The molecular formula is C14H16F2O2. The molecule has 0 saturated carbocycles. The Kier molecular flexibility index (Phi) is 5.49. The van der Waals surface area contributed by atoms with Crippen molar-refractivity contribution >= 4 is 5.97 Å². The predicted octanol–water partition coefficient (Wildman–Crippen LogP) is 3.93. The molecule has 18 heavy (non-hydrogen) atoms.